The molecular weight excluding hydrogens is 423 g/mol. The molecule has 0 aliphatic heterocycles. The number of rotatable bonds is 8. The summed E-state index contributed by atoms with van der Waals surface area (Å²) in [5.41, 5.74) is -0.821. The highest BCUT2D eigenvalue weighted by Crippen LogP contribution is 2.30. The van der Waals surface area contributed by atoms with E-state index < -0.39 is 57.0 Å². The van der Waals surface area contributed by atoms with E-state index in [0.717, 1.165) is 18.2 Å². The lowest BCUT2D eigenvalue weighted by atomic mass is 10.1. The fourth-order valence-electron chi connectivity index (χ4n) is 2.46. The van der Waals surface area contributed by atoms with Crippen molar-refractivity contribution in [3.8, 4) is 0 Å². The second-order valence-electron chi connectivity index (χ2n) is 6.77. The molecule has 1 unspecified atom stereocenters. The lowest BCUT2D eigenvalue weighted by molar-refractivity contribution is -0.145. The van der Waals surface area contributed by atoms with Gasteiger partial charge >= 0.3 is 12.1 Å². The van der Waals surface area contributed by atoms with Gasteiger partial charge in [-0.25, -0.2) is 8.42 Å². The van der Waals surface area contributed by atoms with Crippen molar-refractivity contribution in [1.29, 1.82) is 0 Å². The standard InChI is InChI=1S/C20H20F3NO5S/c1-13(2)18(19(26)29-12-17(25)14-7-4-3-5-8-14)24-30(27,28)16-10-6-9-15(11-16)20(21,22)23/h3-11,13,18,24H,12H2,1-2H3. The molecule has 6 nitrogen and oxygen atoms in total. The van der Waals surface area contributed by atoms with Crippen molar-refractivity contribution in [1.82, 2.24) is 4.72 Å². The summed E-state index contributed by atoms with van der Waals surface area (Å²) in [5, 5.41) is 0. The Kier molecular flexibility index (Phi) is 7.38. The van der Waals surface area contributed by atoms with Gasteiger partial charge in [-0.2, -0.15) is 17.9 Å². The Balaban J connectivity index is 2.14. The van der Waals surface area contributed by atoms with E-state index >= 15 is 0 Å². The number of Topliss-reactive ketones (excluding diaryl/α,β-unsaturated/α-hetero) is 1. The number of benzene rings is 2. The van der Waals surface area contributed by atoms with Gasteiger partial charge < -0.3 is 4.74 Å². The van der Waals surface area contributed by atoms with Gasteiger partial charge in [0, 0.05) is 5.56 Å². The molecule has 0 amide bonds. The molecule has 0 aromatic heterocycles. The highest BCUT2D eigenvalue weighted by molar-refractivity contribution is 7.89. The van der Waals surface area contributed by atoms with Gasteiger partial charge in [0.1, 0.15) is 6.04 Å². The van der Waals surface area contributed by atoms with Gasteiger partial charge in [0.05, 0.1) is 10.5 Å². The van der Waals surface area contributed by atoms with Crippen molar-refractivity contribution < 1.29 is 35.9 Å². The zero-order chi connectivity index (χ0) is 22.5. The van der Waals surface area contributed by atoms with E-state index in [-0.39, 0.29) is 0 Å². The first kappa shape index (κ1) is 23.6. The van der Waals surface area contributed by atoms with E-state index in [4.69, 9.17) is 4.74 Å². The maximum Gasteiger partial charge on any atom is 0.416 e. The molecule has 0 fully saturated rings. The van der Waals surface area contributed by atoms with E-state index in [2.05, 4.69) is 4.72 Å². The molecule has 0 aliphatic rings. The van der Waals surface area contributed by atoms with Crippen molar-refractivity contribution in [3.63, 3.8) is 0 Å². The number of ether oxygens (including phenoxy) is 1. The number of sulfonamides is 1. The van der Waals surface area contributed by atoms with Gasteiger partial charge in [0.15, 0.2) is 12.4 Å². The number of ketones is 1. The third kappa shape index (κ3) is 6.14. The largest absolute Gasteiger partial charge is 0.456 e. The number of hydrogen-bond acceptors (Lipinski definition) is 5. The van der Waals surface area contributed by atoms with Crippen LogP contribution in [-0.4, -0.2) is 32.8 Å². The molecule has 10 heteroatoms. The third-order valence-corrected chi connectivity index (χ3v) is 5.55. The Morgan fingerprint density at radius 3 is 2.23 bits per heavy atom. The maximum atomic E-state index is 12.9. The summed E-state index contributed by atoms with van der Waals surface area (Å²) in [6, 6.07) is 9.81. The van der Waals surface area contributed by atoms with E-state index in [0.29, 0.717) is 11.6 Å². The third-order valence-electron chi connectivity index (χ3n) is 4.12. The van der Waals surface area contributed by atoms with Crippen LogP contribution in [0.15, 0.2) is 59.5 Å². The van der Waals surface area contributed by atoms with Crippen LogP contribution in [-0.2, 0) is 25.7 Å². The number of alkyl halides is 3. The molecule has 0 saturated carbocycles. The number of hydrogen-bond donors (Lipinski definition) is 1. The van der Waals surface area contributed by atoms with Crippen molar-refractivity contribution in [2.24, 2.45) is 5.92 Å². The molecule has 0 radical (unpaired) electrons. The molecule has 30 heavy (non-hydrogen) atoms. The molecular formula is C20H20F3NO5S. The number of carbonyl (C=O) groups is 2. The SMILES string of the molecule is CC(C)C(NS(=O)(=O)c1cccc(C(F)(F)F)c1)C(=O)OCC(=O)c1ccccc1. The average Bonchev–Trinajstić information content (AvgIpc) is 2.70. The van der Waals surface area contributed by atoms with Crippen LogP contribution in [0.3, 0.4) is 0 Å². The first-order chi connectivity index (χ1) is 13.9. The normalized spacial score (nSPS) is 13.1. The first-order valence-corrected chi connectivity index (χ1v) is 10.3. The quantitative estimate of drug-likeness (QED) is 0.499. The van der Waals surface area contributed by atoms with Gasteiger partial charge in [0.25, 0.3) is 0 Å². The van der Waals surface area contributed by atoms with Crippen LogP contribution >= 0.6 is 0 Å². The Labute approximate surface area is 172 Å². The summed E-state index contributed by atoms with van der Waals surface area (Å²) < 4.78 is 70.7. The lowest BCUT2D eigenvalue weighted by Crippen LogP contribution is -2.45. The Bertz CT molecular complexity index is 1000. The van der Waals surface area contributed by atoms with Crippen LogP contribution < -0.4 is 4.72 Å². The van der Waals surface area contributed by atoms with Gasteiger partial charge in [0.2, 0.25) is 10.0 Å². The molecule has 2 rings (SSSR count). The number of esters is 1. The van der Waals surface area contributed by atoms with Gasteiger partial charge in [-0.15, -0.1) is 0 Å². The molecule has 1 N–H and O–H groups in total. The molecule has 1 atom stereocenters. The van der Waals surface area contributed by atoms with Crippen LogP contribution in [0.25, 0.3) is 0 Å². The second kappa shape index (κ2) is 9.40. The monoisotopic (exact) mass is 443 g/mol. The summed E-state index contributed by atoms with van der Waals surface area (Å²) in [7, 11) is -4.46. The van der Waals surface area contributed by atoms with Crippen LogP contribution in [0.4, 0.5) is 13.2 Å². The molecule has 0 bridgehead atoms. The average molecular weight is 443 g/mol. The van der Waals surface area contributed by atoms with E-state index in [1.807, 2.05) is 0 Å². The zero-order valence-electron chi connectivity index (χ0n) is 16.1. The molecule has 0 aliphatic carbocycles. The minimum Gasteiger partial charge on any atom is -0.456 e. The number of nitrogens with one attached hydrogen (secondary N) is 1. The highest BCUT2D eigenvalue weighted by atomic mass is 32.2. The minimum absolute atomic E-state index is 0.316. The van der Waals surface area contributed by atoms with Gasteiger partial charge in [-0.05, 0) is 24.1 Å². The summed E-state index contributed by atoms with van der Waals surface area (Å²) in [6.45, 7) is 2.45. The maximum absolute atomic E-state index is 12.9. The highest BCUT2D eigenvalue weighted by Gasteiger charge is 2.34. The van der Waals surface area contributed by atoms with Crippen LogP contribution in [0.1, 0.15) is 29.8 Å². The molecule has 2 aromatic carbocycles. The summed E-state index contributed by atoms with van der Waals surface area (Å²) in [6.07, 6.45) is -4.72. The van der Waals surface area contributed by atoms with Gasteiger partial charge in [-0.3, -0.25) is 9.59 Å². The second-order valence-corrected chi connectivity index (χ2v) is 8.48. The smallest absolute Gasteiger partial charge is 0.416 e. The Morgan fingerprint density at radius 2 is 1.67 bits per heavy atom. The molecule has 0 spiro atoms. The lowest BCUT2D eigenvalue weighted by Gasteiger charge is -2.21. The van der Waals surface area contributed by atoms with E-state index in [9.17, 15) is 31.2 Å². The van der Waals surface area contributed by atoms with Crippen molar-refractivity contribution in [2.75, 3.05) is 6.61 Å². The van der Waals surface area contributed by atoms with Gasteiger partial charge in [-0.1, -0.05) is 50.2 Å². The fourth-order valence-corrected chi connectivity index (χ4v) is 3.84. The van der Waals surface area contributed by atoms with Crippen molar-refractivity contribution in [3.05, 3.63) is 65.7 Å². The van der Waals surface area contributed by atoms with Crippen molar-refractivity contribution >= 4 is 21.8 Å². The zero-order valence-corrected chi connectivity index (χ0v) is 17.0. The first-order valence-electron chi connectivity index (χ1n) is 8.86. The van der Waals surface area contributed by atoms with Crippen LogP contribution in [0, 0.1) is 5.92 Å². The van der Waals surface area contributed by atoms with Crippen LogP contribution in [0.5, 0.6) is 0 Å². The molecule has 0 heterocycles. The number of carbonyl (C=O) groups excluding carboxylic acids is 2. The Morgan fingerprint density at radius 1 is 1.03 bits per heavy atom. The summed E-state index contributed by atoms with van der Waals surface area (Å²) in [5.74, 6) is -2.08. The van der Waals surface area contributed by atoms with E-state index in [1.165, 1.54) is 26.0 Å². The predicted octanol–water partition coefficient (Wildman–Crippen LogP) is 3.43. The van der Waals surface area contributed by atoms with Crippen LogP contribution in [0.2, 0.25) is 0 Å². The fraction of sp³-hybridized carbons (Fsp3) is 0.300. The number of halogens is 3. The summed E-state index contributed by atoms with van der Waals surface area (Å²) in [4.78, 5) is 23.8. The minimum atomic E-state index is -4.72. The molecule has 162 valence electrons. The Hall–Kier alpha value is -2.72. The topological polar surface area (TPSA) is 89.5 Å². The molecule has 0 saturated heterocycles. The summed E-state index contributed by atoms with van der Waals surface area (Å²) >= 11 is 0. The van der Waals surface area contributed by atoms with Crippen molar-refractivity contribution in [2.45, 2.75) is 31.0 Å². The predicted molar refractivity (Wildman–Crippen MR) is 102 cm³/mol. The molecule has 2 aromatic rings. The van der Waals surface area contributed by atoms with E-state index in [1.54, 1.807) is 18.2 Å².